The van der Waals surface area contributed by atoms with Crippen molar-refractivity contribution in [2.24, 2.45) is 0 Å². The summed E-state index contributed by atoms with van der Waals surface area (Å²) in [6.07, 6.45) is 0. The van der Waals surface area contributed by atoms with Crippen LogP contribution in [0.3, 0.4) is 0 Å². The number of rotatable bonds is 5. The van der Waals surface area contributed by atoms with Crippen molar-refractivity contribution < 1.29 is 20.6 Å². The van der Waals surface area contributed by atoms with Gasteiger partial charge in [-0.05, 0) is 0 Å². The molecule has 0 nitrogen and oxygen atoms in total. The molecule has 2 heteroatoms. The van der Waals surface area contributed by atoms with Gasteiger partial charge in [0.25, 0.3) is 0 Å². The van der Waals surface area contributed by atoms with Gasteiger partial charge in [-0.1, -0.05) is 0 Å². The van der Waals surface area contributed by atoms with E-state index in [1.54, 1.807) is 22.3 Å². The molecule has 4 aromatic carbocycles. The average Bonchev–Trinajstić information content (AvgIpc) is 3.36. The molecule has 0 fully saturated rings. The van der Waals surface area contributed by atoms with E-state index in [9.17, 15) is 0 Å². The van der Waals surface area contributed by atoms with Crippen LogP contribution in [0.25, 0.3) is 11.1 Å². The Morgan fingerprint density at radius 3 is 1.25 bits per heavy atom. The third-order valence-corrected chi connectivity index (χ3v) is 39.5. The standard InChI is InChI=1S/2C16H13.C2H7Si.Hf/c2*1-12-11-14-9-5-6-10-15(14)16(12)13-7-3-2-4-8-13;1-3-2;/h2*2-11H,1H3;3H,1-2H3;. The Morgan fingerprint density at radius 1 is 0.500 bits per heavy atom. The summed E-state index contributed by atoms with van der Waals surface area (Å²) in [4.78, 5) is 0. The molecule has 0 aromatic heterocycles. The fraction of sp³-hybridized carbons (Fsp3) is 0.176. The monoisotopic (exact) mass is 649 g/mol. The number of allylic oxidation sites excluding steroid dienone is 2. The minimum atomic E-state index is -2.32. The Labute approximate surface area is 224 Å². The minimum absolute atomic E-state index is 0.663. The molecule has 0 amide bonds. The molecule has 2 aliphatic rings. The molecule has 0 saturated heterocycles. The van der Waals surface area contributed by atoms with Gasteiger partial charge >= 0.3 is 226 Å². The first kappa shape index (κ1) is 23.8. The summed E-state index contributed by atoms with van der Waals surface area (Å²) in [5.41, 5.74) is 15.3. The van der Waals surface area contributed by atoms with Crippen LogP contribution in [-0.2, 0) is 20.6 Å². The Bertz CT molecular complexity index is 1370. The van der Waals surface area contributed by atoms with Crippen molar-refractivity contribution in [2.45, 2.75) is 34.3 Å². The maximum atomic E-state index is 2.66. The van der Waals surface area contributed by atoms with E-state index in [0.717, 1.165) is 0 Å². The molecule has 0 spiro atoms. The van der Waals surface area contributed by atoms with Crippen LogP contribution in [0.1, 0.15) is 54.6 Å². The fourth-order valence-electron chi connectivity index (χ4n) is 6.80. The number of hydrogen-bond donors (Lipinski definition) is 0. The van der Waals surface area contributed by atoms with Crippen LogP contribution in [0.15, 0.2) is 120 Å². The molecular weight excluding hydrogens is 615 g/mol. The maximum absolute atomic E-state index is 2.66. The summed E-state index contributed by atoms with van der Waals surface area (Å²) < 4.78 is 1.33. The van der Waals surface area contributed by atoms with Crippen molar-refractivity contribution in [1.82, 2.24) is 0 Å². The SMILES string of the molecule is CC1=C(c2ccccc2)c2ccccc2[CH]1[Hf]([CH]1C(C)=C(c2ccccc2)c2ccccc21)[SiH](C)C. The molecule has 36 heavy (non-hydrogen) atoms. The number of hydrogen-bond acceptors (Lipinski definition) is 0. The molecule has 0 saturated carbocycles. The van der Waals surface area contributed by atoms with Gasteiger partial charge in [-0.3, -0.25) is 0 Å². The topological polar surface area (TPSA) is 0 Å². The number of fused-ring (bicyclic) bond motifs is 2. The fourth-order valence-corrected chi connectivity index (χ4v) is 39.8. The first-order valence-electron chi connectivity index (χ1n) is 13.2. The van der Waals surface area contributed by atoms with Gasteiger partial charge in [-0.2, -0.15) is 0 Å². The summed E-state index contributed by atoms with van der Waals surface area (Å²) in [6, 6.07) is 41.0. The van der Waals surface area contributed by atoms with E-state index in [0.29, 0.717) is 7.35 Å². The van der Waals surface area contributed by atoms with Crippen LogP contribution in [-0.4, -0.2) is 5.98 Å². The Hall–Kier alpha value is -2.55. The first-order chi connectivity index (χ1) is 17.6. The van der Waals surface area contributed by atoms with E-state index in [4.69, 9.17) is 0 Å². The molecule has 0 bridgehead atoms. The van der Waals surface area contributed by atoms with Crippen molar-refractivity contribution >= 4 is 17.1 Å². The van der Waals surface area contributed by atoms with Gasteiger partial charge in [0, 0.05) is 0 Å². The van der Waals surface area contributed by atoms with Crippen molar-refractivity contribution in [2.75, 3.05) is 0 Å². The van der Waals surface area contributed by atoms with E-state index in [1.807, 2.05) is 0 Å². The van der Waals surface area contributed by atoms with Gasteiger partial charge in [-0.15, -0.1) is 0 Å². The van der Waals surface area contributed by atoms with Crippen molar-refractivity contribution in [3.05, 3.63) is 154 Å². The zero-order valence-corrected chi connectivity index (χ0v) is 26.4. The molecule has 177 valence electrons. The summed E-state index contributed by atoms with van der Waals surface area (Å²) in [5, 5.41) is 0. The van der Waals surface area contributed by atoms with Crippen LogP contribution in [0, 0.1) is 0 Å². The van der Waals surface area contributed by atoms with Crippen molar-refractivity contribution in [1.29, 1.82) is 0 Å². The Morgan fingerprint density at radius 2 is 0.861 bits per heavy atom. The van der Waals surface area contributed by atoms with Gasteiger partial charge in [-0.25, -0.2) is 0 Å². The molecular formula is C34H33HfSi. The van der Waals surface area contributed by atoms with E-state index in [2.05, 4.69) is 136 Å². The molecule has 2 aliphatic carbocycles. The Kier molecular flexibility index (Phi) is 6.43. The summed E-state index contributed by atoms with van der Waals surface area (Å²) >= 11 is -2.32. The molecule has 2 atom stereocenters. The van der Waals surface area contributed by atoms with Crippen molar-refractivity contribution in [3.8, 4) is 0 Å². The van der Waals surface area contributed by atoms with Crippen molar-refractivity contribution in [3.63, 3.8) is 0 Å². The van der Waals surface area contributed by atoms with Crippen LogP contribution in [0.4, 0.5) is 0 Å². The first-order valence-corrected chi connectivity index (χ1v) is 26.4. The number of benzene rings is 4. The average molecular weight is 648 g/mol. The van der Waals surface area contributed by atoms with Gasteiger partial charge in [0.05, 0.1) is 0 Å². The summed E-state index contributed by atoms with van der Waals surface area (Å²) in [6.45, 7) is 10.3. The van der Waals surface area contributed by atoms with Gasteiger partial charge < -0.3 is 0 Å². The zero-order chi connectivity index (χ0) is 24.8. The molecule has 6 rings (SSSR count). The second kappa shape index (κ2) is 9.72. The molecule has 0 aliphatic heterocycles. The van der Waals surface area contributed by atoms with Gasteiger partial charge in [0.2, 0.25) is 0 Å². The molecule has 0 N–H and O–H groups in total. The summed E-state index contributed by atoms with van der Waals surface area (Å²) in [5.74, 6) is -0.884. The van der Waals surface area contributed by atoms with E-state index in [-0.39, 0.29) is 0 Å². The van der Waals surface area contributed by atoms with E-state index >= 15 is 0 Å². The van der Waals surface area contributed by atoms with Crippen LogP contribution < -0.4 is 0 Å². The van der Waals surface area contributed by atoms with Crippen LogP contribution in [0.5, 0.6) is 0 Å². The molecule has 4 aromatic rings. The summed E-state index contributed by atoms with van der Waals surface area (Å²) in [7, 11) is 0. The second-order valence-corrected chi connectivity index (χ2v) is 38.5. The van der Waals surface area contributed by atoms with Crippen LogP contribution >= 0.6 is 0 Å². The normalized spacial score (nSPS) is 18.6. The van der Waals surface area contributed by atoms with E-state index < -0.39 is 26.6 Å². The third-order valence-electron chi connectivity index (χ3n) is 8.20. The zero-order valence-electron chi connectivity index (χ0n) is 21.6. The Balaban J connectivity index is 1.57. The van der Waals surface area contributed by atoms with Gasteiger partial charge in [0.1, 0.15) is 0 Å². The molecule has 0 heterocycles. The second-order valence-electron chi connectivity index (χ2n) is 10.5. The molecule has 2 unspecified atom stereocenters. The van der Waals surface area contributed by atoms with Gasteiger partial charge in [0.15, 0.2) is 0 Å². The predicted molar refractivity (Wildman–Crippen MR) is 154 cm³/mol. The predicted octanol–water partition coefficient (Wildman–Crippen LogP) is 8.74. The molecule has 0 radical (unpaired) electrons. The third kappa shape index (κ3) is 3.81. The van der Waals surface area contributed by atoms with Crippen LogP contribution in [0.2, 0.25) is 13.1 Å². The quantitative estimate of drug-likeness (QED) is 0.190. The van der Waals surface area contributed by atoms with E-state index in [1.165, 1.54) is 33.4 Å².